The van der Waals surface area contributed by atoms with Crippen LogP contribution in [-0.4, -0.2) is 24.0 Å². The maximum atomic E-state index is 12.9. The Morgan fingerprint density at radius 3 is 2.60 bits per heavy atom. The molecule has 0 saturated heterocycles. The van der Waals surface area contributed by atoms with E-state index in [1.807, 2.05) is 0 Å². The van der Waals surface area contributed by atoms with E-state index in [1.54, 1.807) is 32.0 Å². The number of fused-ring (bicyclic) bond motifs is 1. The predicted octanol–water partition coefficient (Wildman–Crippen LogP) is 2.98. The molecule has 2 amide bonds. The van der Waals surface area contributed by atoms with Crippen LogP contribution in [0, 0.1) is 5.82 Å². The van der Waals surface area contributed by atoms with Gasteiger partial charge in [-0.2, -0.15) is 0 Å². The normalized spacial score (nSPS) is 16.9. The lowest BCUT2D eigenvalue weighted by Crippen LogP contribution is -2.34. The summed E-state index contributed by atoms with van der Waals surface area (Å²) < 4.78 is 18.4. The van der Waals surface area contributed by atoms with Crippen molar-refractivity contribution >= 4 is 28.9 Å². The van der Waals surface area contributed by atoms with E-state index >= 15 is 0 Å². The molecule has 0 fully saturated rings. The van der Waals surface area contributed by atoms with Crippen molar-refractivity contribution in [2.24, 2.45) is 0 Å². The summed E-state index contributed by atoms with van der Waals surface area (Å²) in [5.74, 6) is -0.261. The lowest BCUT2D eigenvalue weighted by atomic mass is 10.2. The number of halogens is 1. The van der Waals surface area contributed by atoms with Crippen LogP contribution in [0.25, 0.3) is 0 Å². The highest BCUT2D eigenvalue weighted by molar-refractivity contribution is 5.99. The van der Waals surface area contributed by atoms with E-state index in [0.29, 0.717) is 22.8 Å². The third kappa shape index (κ3) is 3.88. The molecular formula is C18H18FN3O3. The fraction of sp³-hybridized carbons (Fsp3) is 0.222. The summed E-state index contributed by atoms with van der Waals surface area (Å²) in [6.07, 6.45) is -0.535. The van der Waals surface area contributed by atoms with E-state index in [2.05, 4.69) is 16.0 Å². The number of hydrogen-bond donors (Lipinski definition) is 3. The smallest absolute Gasteiger partial charge is 0.265 e. The Bertz CT molecular complexity index is 808. The second kappa shape index (κ2) is 6.80. The van der Waals surface area contributed by atoms with Gasteiger partial charge in [0.25, 0.3) is 5.91 Å². The molecule has 2 unspecified atom stereocenters. The Hall–Kier alpha value is -3.09. The highest BCUT2D eigenvalue weighted by Crippen LogP contribution is 2.32. The zero-order valence-corrected chi connectivity index (χ0v) is 13.8. The average Bonchev–Trinajstić information content (AvgIpc) is 2.58. The molecule has 0 spiro atoms. The minimum absolute atomic E-state index is 0.216. The van der Waals surface area contributed by atoms with E-state index in [1.165, 1.54) is 24.3 Å². The molecular weight excluding hydrogens is 325 g/mol. The van der Waals surface area contributed by atoms with E-state index in [0.717, 1.165) is 0 Å². The number of benzene rings is 2. The van der Waals surface area contributed by atoms with E-state index in [4.69, 9.17) is 4.74 Å². The molecule has 0 saturated carbocycles. The largest absolute Gasteiger partial charge is 0.479 e. The van der Waals surface area contributed by atoms with Crippen molar-refractivity contribution in [3.8, 4) is 5.75 Å². The Labute approximate surface area is 144 Å². The van der Waals surface area contributed by atoms with Crippen molar-refractivity contribution in [3.63, 3.8) is 0 Å². The zero-order chi connectivity index (χ0) is 18.0. The van der Waals surface area contributed by atoms with Crippen LogP contribution in [0.15, 0.2) is 42.5 Å². The summed E-state index contributed by atoms with van der Waals surface area (Å²) in [5.41, 5.74) is 1.73. The maximum absolute atomic E-state index is 12.9. The summed E-state index contributed by atoms with van der Waals surface area (Å²) in [6, 6.07) is 10.2. The molecule has 3 N–H and O–H groups in total. The number of anilines is 3. The minimum atomic E-state index is -0.540. The molecule has 0 bridgehead atoms. The van der Waals surface area contributed by atoms with Gasteiger partial charge in [0.15, 0.2) is 6.10 Å². The molecule has 1 aliphatic rings. The van der Waals surface area contributed by atoms with E-state index in [9.17, 15) is 14.0 Å². The highest BCUT2D eigenvalue weighted by Gasteiger charge is 2.24. The van der Waals surface area contributed by atoms with Crippen LogP contribution in [0.3, 0.4) is 0 Å². The highest BCUT2D eigenvalue weighted by atomic mass is 19.1. The van der Waals surface area contributed by atoms with Crippen LogP contribution in [0.5, 0.6) is 5.75 Å². The number of hydrogen-bond acceptors (Lipinski definition) is 4. The van der Waals surface area contributed by atoms with Crippen LogP contribution in [0.4, 0.5) is 21.5 Å². The topological polar surface area (TPSA) is 79.5 Å². The Balaban J connectivity index is 1.65. The summed E-state index contributed by atoms with van der Waals surface area (Å²) in [7, 11) is 0. The van der Waals surface area contributed by atoms with Crippen molar-refractivity contribution in [2.75, 3.05) is 16.0 Å². The molecule has 130 valence electrons. The standard InChI is InChI=1S/C18H18FN3O3/c1-10(17(23)21-13-5-3-12(19)4-6-13)20-14-7-8-16-15(9-14)22-18(24)11(2)25-16/h3-11,20H,1-2H3,(H,21,23)(H,22,24). The molecule has 3 rings (SSSR count). The lowest BCUT2D eigenvalue weighted by Gasteiger charge is -2.24. The second-order valence-corrected chi connectivity index (χ2v) is 5.82. The molecule has 0 aromatic heterocycles. The monoisotopic (exact) mass is 343 g/mol. The Morgan fingerprint density at radius 1 is 1.20 bits per heavy atom. The Kier molecular flexibility index (Phi) is 4.56. The number of nitrogens with one attached hydrogen (secondary N) is 3. The third-order valence-corrected chi connectivity index (χ3v) is 3.80. The molecule has 0 aliphatic carbocycles. The molecule has 1 heterocycles. The molecule has 25 heavy (non-hydrogen) atoms. The molecule has 1 aliphatic heterocycles. The number of carbonyl (C=O) groups excluding carboxylic acids is 2. The Morgan fingerprint density at radius 2 is 1.88 bits per heavy atom. The summed E-state index contributed by atoms with van der Waals surface area (Å²) >= 11 is 0. The first-order valence-corrected chi connectivity index (χ1v) is 7.87. The van der Waals surface area contributed by atoms with Gasteiger partial charge in [0.05, 0.1) is 5.69 Å². The van der Waals surface area contributed by atoms with Crippen molar-refractivity contribution < 1.29 is 18.7 Å². The predicted molar refractivity (Wildman–Crippen MR) is 93.3 cm³/mol. The van der Waals surface area contributed by atoms with Crippen LogP contribution in [-0.2, 0) is 9.59 Å². The van der Waals surface area contributed by atoms with Crippen molar-refractivity contribution in [1.29, 1.82) is 0 Å². The third-order valence-electron chi connectivity index (χ3n) is 3.80. The van der Waals surface area contributed by atoms with E-state index < -0.39 is 12.1 Å². The quantitative estimate of drug-likeness (QED) is 0.797. The van der Waals surface area contributed by atoms with Gasteiger partial charge in [-0.15, -0.1) is 0 Å². The maximum Gasteiger partial charge on any atom is 0.265 e. The lowest BCUT2D eigenvalue weighted by molar-refractivity contribution is -0.122. The van der Waals surface area contributed by atoms with E-state index in [-0.39, 0.29) is 17.6 Å². The van der Waals surface area contributed by atoms with Crippen LogP contribution in [0.1, 0.15) is 13.8 Å². The summed E-state index contributed by atoms with van der Waals surface area (Å²) in [5, 5.41) is 8.52. The SMILES string of the molecule is CC(Nc1ccc2c(c1)NC(=O)C(C)O2)C(=O)Nc1ccc(F)cc1. The molecule has 2 atom stereocenters. The van der Waals surface area contributed by atoms with Gasteiger partial charge in [0.2, 0.25) is 5.91 Å². The summed E-state index contributed by atoms with van der Waals surface area (Å²) in [6.45, 7) is 3.38. The van der Waals surface area contributed by atoms with Gasteiger partial charge in [-0.1, -0.05) is 0 Å². The zero-order valence-electron chi connectivity index (χ0n) is 13.8. The molecule has 0 radical (unpaired) electrons. The first-order chi connectivity index (χ1) is 11.9. The number of ether oxygens (including phenoxy) is 1. The van der Waals surface area contributed by atoms with Crippen LogP contribution >= 0.6 is 0 Å². The molecule has 2 aromatic carbocycles. The van der Waals surface area contributed by atoms with Gasteiger partial charge in [-0.3, -0.25) is 9.59 Å². The number of amides is 2. The van der Waals surface area contributed by atoms with Gasteiger partial charge < -0.3 is 20.7 Å². The fourth-order valence-corrected chi connectivity index (χ4v) is 2.40. The van der Waals surface area contributed by atoms with Gasteiger partial charge in [-0.05, 0) is 56.3 Å². The number of rotatable bonds is 4. The summed E-state index contributed by atoms with van der Waals surface area (Å²) in [4.78, 5) is 23.9. The van der Waals surface area contributed by atoms with Gasteiger partial charge in [0, 0.05) is 11.4 Å². The molecule has 2 aromatic rings. The fourth-order valence-electron chi connectivity index (χ4n) is 2.40. The first kappa shape index (κ1) is 16.8. The molecule has 6 nitrogen and oxygen atoms in total. The van der Waals surface area contributed by atoms with Crippen molar-refractivity contribution in [2.45, 2.75) is 26.0 Å². The van der Waals surface area contributed by atoms with Gasteiger partial charge in [0.1, 0.15) is 17.6 Å². The van der Waals surface area contributed by atoms with Gasteiger partial charge in [-0.25, -0.2) is 4.39 Å². The van der Waals surface area contributed by atoms with Crippen molar-refractivity contribution in [3.05, 3.63) is 48.3 Å². The first-order valence-electron chi connectivity index (χ1n) is 7.87. The average molecular weight is 343 g/mol. The van der Waals surface area contributed by atoms with Crippen LogP contribution in [0.2, 0.25) is 0 Å². The second-order valence-electron chi connectivity index (χ2n) is 5.82. The van der Waals surface area contributed by atoms with Crippen LogP contribution < -0.4 is 20.7 Å². The minimum Gasteiger partial charge on any atom is -0.479 e. The molecule has 7 heteroatoms. The number of carbonyl (C=O) groups is 2. The van der Waals surface area contributed by atoms with Gasteiger partial charge >= 0.3 is 0 Å². The van der Waals surface area contributed by atoms with Crippen molar-refractivity contribution in [1.82, 2.24) is 0 Å².